The summed E-state index contributed by atoms with van der Waals surface area (Å²) in [5, 5.41) is 4.14. The molecule has 0 atom stereocenters. The van der Waals surface area contributed by atoms with E-state index in [1.165, 1.54) is 11.1 Å². The van der Waals surface area contributed by atoms with Crippen molar-refractivity contribution < 1.29 is 0 Å². The number of halogens is 1. The summed E-state index contributed by atoms with van der Waals surface area (Å²) < 4.78 is 0. The van der Waals surface area contributed by atoms with E-state index in [1.54, 1.807) is 0 Å². The van der Waals surface area contributed by atoms with E-state index in [1.807, 2.05) is 24.3 Å². The lowest BCUT2D eigenvalue weighted by atomic mass is 10.1. The van der Waals surface area contributed by atoms with Crippen molar-refractivity contribution in [3.05, 3.63) is 64.7 Å². The van der Waals surface area contributed by atoms with Gasteiger partial charge in [0.2, 0.25) is 0 Å². The number of nitrogens with one attached hydrogen (secondary N) is 1. The quantitative estimate of drug-likeness (QED) is 0.836. The Balaban J connectivity index is 2.10. The van der Waals surface area contributed by atoms with Crippen molar-refractivity contribution in [3.8, 4) is 0 Å². The first-order valence-electron chi connectivity index (χ1n) is 5.86. The maximum absolute atomic E-state index is 6.10. The summed E-state index contributed by atoms with van der Waals surface area (Å²) in [4.78, 5) is 0. The van der Waals surface area contributed by atoms with Gasteiger partial charge in [-0.3, -0.25) is 0 Å². The number of rotatable bonds is 4. The molecule has 0 saturated heterocycles. The Morgan fingerprint density at radius 2 is 1.59 bits per heavy atom. The van der Waals surface area contributed by atoms with Crippen molar-refractivity contribution in [1.82, 2.24) is 0 Å². The molecular weight excluding hydrogens is 230 g/mol. The molecule has 0 fully saturated rings. The van der Waals surface area contributed by atoms with E-state index < -0.39 is 0 Å². The topological polar surface area (TPSA) is 12.0 Å². The van der Waals surface area contributed by atoms with Crippen LogP contribution < -0.4 is 5.32 Å². The summed E-state index contributed by atoms with van der Waals surface area (Å²) in [5.74, 6) is 0. The fourth-order valence-corrected chi connectivity index (χ4v) is 2.07. The summed E-state index contributed by atoms with van der Waals surface area (Å²) in [6.07, 6.45) is 1.06. The van der Waals surface area contributed by atoms with Crippen LogP contribution in [0.3, 0.4) is 0 Å². The lowest BCUT2D eigenvalue weighted by Gasteiger charge is -2.11. The third-order valence-electron chi connectivity index (χ3n) is 2.84. The third-order valence-corrected chi connectivity index (χ3v) is 3.17. The van der Waals surface area contributed by atoms with E-state index in [2.05, 4.69) is 36.5 Å². The van der Waals surface area contributed by atoms with Crippen LogP contribution in [0.2, 0.25) is 5.02 Å². The predicted octanol–water partition coefficient (Wildman–Crippen LogP) is 4.51. The van der Waals surface area contributed by atoms with E-state index >= 15 is 0 Å². The zero-order valence-corrected chi connectivity index (χ0v) is 10.7. The number of hydrogen-bond acceptors (Lipinski definition) is 1. The molecule has 0 heterocycles. The van der Waals surface area contributed by atoms with E-state index in [-0.39, 0.29) is 0 Å². The van der Waals surface area contributed by atoms with Crippen LogP contribution in [0.4, 0.5) is 5.69 Å². The first-order chi connectivity index (χ1) is 8.31. The predicted molar refractivity (Wildman–Crippen MR) is 74.6 cm³/mol. The Morgan fingerprint density at radius 1 is 0.941 bits per heavy atom. The summed E-state index contributed by atoms with van der Waals surface area (Å²) in [7, 11) is 0. The molecule has 0 aliphatic heterocycles. The second kappa shape index (κ2) is 5.74. The van der Waals surface area contributed by atoms with Crippen LogP contribution in [-0.4, -0.2) is 0 Å². The first-order valence-corrected chi connectivity index (χ1v) is 6.24. The van der Waals surface area contributed by atoms with Gasteiger partial charge in [-0.25, -0.2) is 0 Å². The minimum Gasteiger partial charge on any atom is -0.380 e. The third kappa shape index (κ3) is 3.01. The molecule has 0 bridgehead atoms. The molecular formula is C15H16ClN. The Labute approximate surface area is 107 Å². The number of benzene rings is 2. The zero-order chi connectivity index (χ0) is 12.1. The lowest BCUT2D eigenvalue weighted by Crippen LogP contribution is -2.02. The molecule has 0 saturated carbocycles. The second-order valence-electron chi connectivity index (χ2n) is 3.96. The number of para-hydroxylation sites is 1. The van der Waals surface area contributed by atoms with Gasteiger partial charge in [0.1, 0.15) is 0 Å². The Morgan fingerprint density at radius 3 is 2.29 bits per heavy atom. The van der Waals surface area contributed by atoms with Crippen molar-refractivity contribution >= 4 is 17.3 Å². The molecule has 88 valence electrons. The average Bonchev–Trinajstić information content (AvgIpc) is 2.38. The van der Waals surface area contributed by atoms with Crippen LogP contribution in [0.15, 0.2) is 48.5 Å². The number of hydrogen-bond donors (Lipinski definition) is 1. The minimum atomic E-state index is 0.765. The van der Waals surface area contributed by atoms with E-state index in [9.17, 15) is 0 Å². The highest BCUT2D eigenvalue weighted by molar-refractivity contribution is 6.33. The SMILES string of the molecule is CCc1ccccc1CNc1ccccc1Cl. The van der Waals surface area contributed by atoms with Crippen LogP contribution in [-0.2, 0) is 13.0 Å². The van der Waals surface area contributed by atoms with E-state index in [0.29, 0.717) is 0 Å². The monoisotopic (exact) mass is 245 g/mol. The average molecular weight is 246 g/mol. The van der Waals surface area contributed by atoms with Gasteiger partial charge in [-0.05, 0) is 29.7 Å². The van der Waals surface area contributed by atoms with Gasteiger partial charge in [0.05, 0.1) is 10.7 Å². The largest absolute Gasteiger partial charge is 0.380 e. The molecule has 0 spiro atoms. The first kappa shape index (κ1) is 12.0. The summed E-state index contributed by atoms with van der Waals surface area (Å²) in [5.41, 5.74) is 3.70. The zero-order valence-electron chi connectivity index (χ0n) is 9.91. The van der Waals surface area contributed by atoms with Gasteiger partial charge in [-0.1, -0.05) is 54.9 Å². The van der Waals surface area contributed by atoms with Crippen molar-refractivity contribution in [2.45, 2.75) is 19.9 Å². The standard InChI is InChI=1S/C15H16ClN/c1-2-12-7-3-4-8-13(12)11-17-15-10-6-5-9-14(15)16/h3-10,17H,2,11H2,1H3. The summed E-state index contributed by atoms with van der Waals surface area (Å²) in [6.45, 7) is 2.99. The van der Waals surface area contributed by atoms with Crippen molar-refractivity contribution in [2.24, 2.45) is 0 Å². The molecule has 17 heavy (non-hydrogen) atoms. The van der Waals surface area contributed by atoms with E-state index in [4.69, 9.17) is 11.6 Å². The van der Waals surface area contributed by atoms with Gasteiger partial charge in [0, 0.05) is 6.54 Å². The highest BCUT2D eigenvalue weighted by Gasteiger charge is 2.01. The molecule has 0 aliphatic rings. The van der Waals surface area contributed by atoms with Gasteiger partial charge in [0.25, 0.3) is 0 Å². The molecule has 2 aromatic rings. The molecule has 0 radical (unpaired) electrons. The van der Waals surface area contributed by atoms with Crippen LogP contribution in [0.25, 0.3) is 0 Å². The molecule has 2 rings (SSSR count). The van der Waals surface area contributed by atoms with Gasteiger partial charge in [-0.15, -0.1) is 0 Å². The summed E-state index contributed by atoms with van der Waals surface area (Å²) in [6, 6.07) is 16.3. The smallest absolute Gasteiger partial charge is 0.0637 e. The molecule has 2 aromatic carbocycles. The van der Waals surface area contributed by atoms with Crippen molar-refractivity contribution in [2.75, 3.05) is 5.32 Å². The Kier molecular flexibility index (Phi) is 4.05. The van der Waals surface area contributed by atoms with Gasteiger partial charge in [-0.2, -0.15) is 0 Å². The fourth-order valence-electron chi connectivity index (χ4n) is 1.87. The van der Waals surface area contributed by atoms with E-state index in [0.717, 1.165) is 23.7 Å². The lowest BCUT2D eigenvalue weighted by molar-refractivity contribution is 1.04. The Hall–Kier alpha value is -1.47. The van der Waals surface area contributed by atoms with Crippen LogP contribution in [0.5, 0.6) is 0 Å². The van der Waals surface area contributed by atoms with Gasteiger partial charge in [0.15, 0.2) is 0 Å². The van der Waals surface area contributed by atoms with Crippen LogP contribution in [0.1, 0.15) is 18.1 Å². The van der Waals surface area contributed by atoms with Crippen LogP contribution in [0, 0.1) is 0 Å². The second-order valence-corrected chi connectivity index (χ2v) is 4.36. The molecule has 0 aromatic heterocycles. The molecule has 1 N–H and O–H groups in total. The van der Waals surface area contributed by atoms with Crippen molar-refractivity contribution in [1.29, 1.82) is 0 Å². The van der Waals surface area contributed by atoms with Gasteiger partial charge < -0.3 is 5.32 Å². The number of anilines is 1. The molecule has 0 amide bonds. The summed E-state index contributed by atoms with van der Waals surface area (Å²) >= 11 is 6.10. The molecule has 1 nitrogen and oxygen atoms in total. The molecule has 0 aliphatic carbocycles. The maximum atomic E-state index is 6.10. The maximum Gasteiger partial charge on any atom is 0.0637 e. The molecule has 0 unspecified atom stereocenters. The highest BCUT2D eigenvalue weighted by Crippen LogP contribution is 2.21. The highest BCUT2D eigenvalue weighted by atomic mass is 35.5. The van der Waals surface area contributed by atoms with Gasteiger partial charge >= 0.3 is 0 Å². The normalized spacial score (nSPS) is 10.2. The van der Waals surface area contributed by atoms with Crippen molar-refractivity contribution in [3.63, 3.8) is 0 Å². The fraction of sp³-hybridized carbons (Fsp3) is 0.200. The minimum absolute atomic E-state index is 0.765. The number of aryl methyl sites for hydroxylation is 1. The molecule has 2 heteroatoms. The van der Waals surface area contributed by atoms with Crippen LogP contribution >= 0.6 is 11.6 Å². The Bertz CT molecular complexity index is 494.